The molecule has 0 fully saturated rings. The van der Waals surface area contributed by atoms with E-state index >= 15 is 0 Å². The predicted octanol–water partition coefficient (Wildman–Crippen LogP) is 3.53. The Morgan fingerprint density at radius 2 is 2.04 bits per heavy atom. The lowest BCUT2D eigenvalue weighted by Gasteiger charge is -2.22. The molecule has 24 heavy (non-hydrogen) atoms. The molecule has 1 aliphatic rings. The first kappa shape index (κ1) is 14.8. The van der Waals surface area contributed by atoms with Gasteiger partial charge in [0.1, 0.15) is 17.3 Å². The smallest absolute Gasteiger partial charge is 0.265 e. The highest BCUT2D eigenvalue weighted by molar-refractivity contribution is 5.50. The molecule has 3 aromatic rings. The molecule has 0 atom stereocenters. The molecule has 1 aromatic carbocycles. The van der Waals surface area contributed by atoms with Crippen molar-refractivity contribution >= 4 is 5.69 Å². The number of hydrogen-bond acceptors (Lipinski definition) is 5. The van der Waals surface area contributed by atoms with Crippen molar-refractivity contribution in [1.82, 2.24) is 15.0 Å². The highest BCUT2D eigenvalue weighted by atomic mass is 19.1. The molecule has 0 N–H and O–H groups in total. The lowest BCUT2D eigenvalue weighted by Crippen LogP contribution is -2.22. The molecule has 0 aliphatic carbocycles. The molecule has 4 rings (SSSR count). The van der Waals surface area contributed by atoms with E-state index in [4.69, 9.17) is 4.42 Å². The summed E-state index contributed by atoms with van der Waals surface area (Å²) in [6.45, 7) is 3.30. The van der Waals surface area contributed by atoms with Crippen LogP contribution in [0.15, 0.2) is 41.1 Å². The van der Waals surface area contributed by atoms with Crippen LogP contribution in [-0.4, -0.2) is 21.5 Å². The summed E-state index contributed by atoms with van der Waals surface area (Å²) in [5, 5.41) is 0. The van der Waals surface area contributed by atoms with Crippen LogP contribution in [0.25, 0.3) is 11.7 Å². The summed E-state index contributed by atoms with van der Waals surface area (Å²) in [5.41, 5.74) is 2.55. The lowest BCUT2D eigenvalue weighted by molar-refractivity contribution is 0.509. The second-order valence-corrected chi connectivity index (χ2v) is 5.92. The Bertz CT molecular complexity index is 863. The number of aromatic nitrogens is 3. The molecule has 0 bridgehead atoms. The lowest BCUT2D eigenvalue weighted by atomic mass is 10.2. The molecule has 5 nitrogen and oxygen atoms in total. The van der Waals surface area contributed by atoms with Crippen LogP contribution >= 0.6 is 0 Å². The van der Waals surface area contributed by atoms with Gasteiger partial charge >= 0.3 is 0 Å². The van der Waals surface area contributed by atoms with E-state index in [1.807, 2.05) is 12.1 Å². The number of hydrogen-bond donors (Lipinski definition) is 0. The molecule has 0 amide bonds. The van der Waals surface area contributed by atoms with Crippen molar-refractivity contribution in [1.29, 1.82) is 0 Å². The van der Waals surface area contributed by atoms with E-state index < -0.39 is 0 Å². The summed E-state index contributed by atoms with van der Waals surface area (Å²) in [6.07, 6.45) is 5.12. The summed E-state index contributed by atoms with van der Waals surface area (Å²) < 4.78 is 19.4. The quantitative estimate of drug-likeness (QED) is 0.722. The van der Waals surface area contributed by atoms with Crippen LogP contribution in [0, 0.1) is 12.7 Å². The van der Waals surface area contributed by atoms with E-state index in [2.05, 4.69) is 19.9 Å². The van der Waals surface area contributed by atoms with Gasteiger partial charge in [-0.2, -0.15) is 0 Å². The average Bonchev–Trinajstić information content (AvgIpc) is 2.90. The maximum atomic E-state index is 13.5. The average molecular weight is 324 g/mol. The first-order chi connectivity index (χ1) is 11.7. The minimum atomic E-state index is -0.181. The van der Waals surface area contributed by atoms with Crippen molar-refractivity contribution < 1.29 is 8.81 Å². The fourth-order valence-corrected chi connectivity index (χ4v) is 2.94. The Hall–Kier alpha value is -2.76. The third kappa shape index (κ3) is 2.75. The van der Waals surface area contributed by atoms with E-state index in [-0.39, 0.29) is 5.82 Å². The van der Waals surface area contributed by atoms with E-state index in [0.29, 0.717) is 23.8 Å². The second kappa shape index (κ2) is 6.03. The number of benzene rings is 1. The van der Waals surface area contributed by atoms with E-state index in [0.717, 1.165) is 36.5 Å². The van der Waals surface area contributed by atoms with Crippen LogP contribution in [0.5, 0.6) is 0 Å². The predicted molar refractivity (Wildman–Crippen MR) is 88.0 cm³/mol. The molecule has 3 heterocycles. The molecular formula is C18H17FN4O. The van der Waals surface area contributed by atoms with Crippen molar-refractivity contribution in [3.63, 3.8) is 0 Å². The molecule has 6 heteroatoms. The van der Waals surface area contributed by atoms with Gasteiger partial charge in [0.15, 0.2) is 0 Å². The van der Waals surface area contributed by atoms with Crippen LogP contribution in [0.4, 0.5) is 10.1 Å². The highest BCUT2D eigenvalue weighted by Crippen LogP contribution is 2.27. The Labute approximate surface area is 139 Å². The summed E-state index contributed by atoms with van der Waals surface area (Å²) in [5.74, 6) is 1.66. The Balaban J connectivity index is 1.65. The van der Waals surface area contributed by atoms with Crippen molar-refractivity contribution in [2.24, 2.45) is 0 Å². The van der Waals surface area contributed by atoms with Gasteiger partial charge in [0.05, 0.1) is 6.54 Å². The molecule has 2 aromatic heterocycles. The maximum absolute atomic E-state index is 13.5. The standard InChI is InChI=1S/C18H17FN4O/c1-12-10-13(5-6-14(12)19)23-9-2-4-16-15(11-23)22-18(24-16)17-20-7-3-8-21-17/h3,5-8,10H,2,4,9,11H2,1H3. The Kier molecular flexibility index (Phi) is 3.72. The van der Waals surface area contributed by atoms with Gasteiger partial charge in [-0.3, -0.25) is 0 Å². The molecule has 1 aliphatic heterocycles. The van der Waals surface area contributed by atoms with E-state index in [9.17, 15) is 4.39 Å². The largest absolute Gasteiger partial charge is 0.438 e. The zero-order valence-corrected chi connectivity index (χ0v) is 13.4. The van der Waals surface area contributed by atoms with Crippen LogP contribution in [0.2, 0.25) is 0 Å². The minimum Gasteiger partial charge on any atom is -0.438 e. The molecule has 0 saturated heterocycles. The van der Waals surface area contributed by atoms with Gasteiger partial charge in [-0.05, 0) is 43.2 Å². The van der Waals surface area contributed by atoms with Gasteiger partial charge in [-0.15, -0.1) is 0 Å². The normalized spacial score (nSPS) is 14.3. The second-order valence-electron chi connectivity index (χ2n) is 5.92. The molecule has 0 radical (unpaired) electrons. The van der Waals surface area contributed by atoms with Crippen molar-refractivity contribution in [2.45, 2.75) is 26.3 Å². The van der Waals surface area contributed by atoms with Gasteiger partial charge in [0, 0.05) is 31.0 Å². The molecule has 122 valence electrons. The summed E-state index contributed by atoms with van der Waals surface area (Å²) in [7, 11) is 0. The summed E-state index contributed by atoms with van der Waals surface area (Å²) in [4.78, 5) is 15.2. The monoisotopic (exact) mass is 324 g/mol. The van der Waals surface area contributed by atoms with Crippen molar-refractivity contribution in [3.05, 3.63) is 59.5 Å². The fourth-order valence-electron chi connectivity index (χ4n) is 2.94. The van der Waals surface area contributed by atoms with Gasteiger partial charge in [0.25, 0.3) is 5.89 Å². The number of aryl methyl sites for hydroxylation is 2. The number of oxazole rings is 1. The number of rotatable bonds is 2. The highest BCUT2D eigenvalue weighted by Gasteiger charge is 2.22. The van der Waals surface area contributed by atoms with Crippen LogP contribution in [0.1, 0.15) is 23.4 Å². The van der Waals surface area contributed by atoms with Crippen LogP contribution < -0.4 is 4.90 Å². The van der Waals surface area contributed by atoms with Crippen LogP contribution in [-0.2, 0) is 13.0 Å². The number of halogens is 1. The third-order valence-corrected chi connectivity index (χ3v) is 4.21. The third-order valence-electron chi connectivity index (χ3n) is 4.21. The van der Waals surface area contributed by atoms with Gasteiger partial charge in [-0.25, -0.2) is 19.3 Å². The number of anilines is 1. The molecule has 0 unspecified atom stereocenters. The molecular weight excluding hydrogens is 307 g/mol. The zero-order chi connectivity index (χ0) is 16.5. The minimum absolute atomic E-state index is 0.181. The Morgan fingerprint density at radius 3 is 2.83 bits per heavy atom. The maximum Gasteiger partial charge on any atom is 0.265 e. The summed E-state index contributed by atoms with van der Waals surface area (Å²) in [6, 6.07) is 6.97. The molecule has 0 spiro atoms. The fraction of sp³-hybridized carbons (Fsp3) is 0.278. The molecule has 0 saturated carbocycles. The summed E-state index contributed by atoms with van der Waals surface area (Å²) >= 11 is 0. The van der Waals surface area contributed by atoms with Crippen molar-refractivity contribution in [2.75, 3.05) is 11.4 Å². The van der Waals surface area contributed by atoms with Crippen LogP contribution in [0.3, 0.4) is 0 Å². The number of fused-ring (bicyclic) bond motifs is 1. The number of nitrogens with zero attached hydrogens (tertiary/aromatic N) is 4. The van der Waals surface area contributed by atoms with Crippen molar-refractivity contribution in [3.8, 4) is 11.7 Å². The van der Waals surface area contributed by atoms with E-state index in [1.54, 1.807) is 25.4 Å². The van der Waals surface area contributed by atoms with Gasteiger partial charge < -0.3 is 9.32 Å². The van der Waals surface area contributed by atoms with Gasteiger partial charge in [0.2, 0.25) is 5.82 Å². The first-order valence-corrected chi connectivity index (χ1v) is 7.98. The SMILES string of the molecule is Cc1cc(N2CCCc3oc(-c4ncccn4)nc3C2)ccc1F. The Morgan fingerprint density at radius 1 is 1.21 bits per heavy atom. The van der Waals surface area contributed by atoms with E-state index in [1.165, 1.54) is 6.07 Å². The first-order valence-electron chi connectivity index (χ1n) is 7.98. The zero-order valence-electron chi connectivity index (χ0n) is 13.4. The van der Waals surface area contributed by atoms with Gasteiger partial charge in [-0.1, -0.05) is 0 Å². The topological polar surface area (TPSA) is 55.1 Å².